The molecule has 0 spiro atoms. The molecule has 0 aliphatic heterocycles. The van der Waals surface area contributed by atoms with Gasteiger partial charge in [-0.05, 0) is 45.6 Å². The van der Waals surface area contributed by atoms with Crippen LogP contribution in [0.3, 0.4) is 0 Å². The van der Waals surface area contributed by atoms with E-state index < -0.39 is 0 Å². The van der Waals surface area contributed by atoms with Gasteiger partial charge in [-0.15, -0.1) is 18.3 Å². The van der Waals surface area contributed by atoms with Crippen LogP contribution in [0, 0.1) is 0 Å². The minimum Gasteiger partial charge on any atom is -0.494 e. The van der Waals surface area contributed by atoms with Crippen LogP contribution in [0.5, 0.6) is 11.6 Å². The second-order valence-electron chi connectivity index (χ2n) is 9.11. The van der Waals surface area contributed by atoms with Crippen LogP contribution >= 0.6 is 0 Å². The van der Waals surface area contributed by atoms with Crippen molar-refractivity contribution in [3.8, 4) is 23.0 Å². The van der Waals surface area contributed by atoms with E-state index in [1.807, 2.05) is 26.0 Å². The lowest BCUT2D eigenvalue weighted by Gasteiger charge is -2.30. The van der Waals surface area contributed by atoms with Crippen molar-refractivity contribution < 1.29 is 14.3 Å². The Morgan fingerprint density at radius 1 is 1.26 bits per heavy atom. The number of hydrogen-bond acceptors (Lipinski definition) is 7. The van der Waals surface area contributed by atoms with Crippen LogP contribution in [0.15, 0.2) is 62.1 Å². The Morgan fingerprint density at radius 3 is 2.72 bits per heavy atom. The molecule has 3 aromatic rings. The summed E-state index contributed by atoms with van der Waals surface area (Å²) in [6.07, 6.45) is 11.5. The van der Waals surface area contributed by atoms with Crippen molar-refractivity contribution >= 4 is 11.7 Å². The smallest absolute Gasteiger partial charge is 0.318 e. The summed E-state index contributed by atoms with van der Waals surface area (Å²) < 4.78 is 13.1. The maximum atomic E-state index is 13.3. The van der Waals surface area contributed by atoms with Crippen molar-refractivity contribution in [2.45, 2.75) is 58.5 Å². The van der Waals surface area contributed by atoms with Crippen molar-refractivity contribution in [3.63, 3.8) is 0 Å². The first-order valence-corrected chi connectivity index (χ1v) is 13.2. The minimum absolute atomic E-state index is 0.0714. The molecule has 208 valence electrons. The number of amides is 2. The Balaban J connectivity index is 1.93. The van der Waals surface area contributed by atoms with Gasteiger partial charge >= 0.3 is 6.03 Å². The standard InChI is InChI=1S/C29H39N7O3/c1-8-12-16-39-28-27-30-14-15-36(27)34-26(33-28)23-18-24(31-19-25(23)38-7)21(6)35(11-4)29(37)32-22(13-9-2)17-20(5)10-3/h8-9,14-15,18-19,21-22H,1-2,5,10-13,16-17H2,3-4,6-7H3,(H,32,37)/t21-,22?/m1/s1. The summed E-state index contributed by atoms with van der Waals surface area (Å²) in [7, 11) is 1.57. The number of nitrogens with zero attached hydrogens (tertiary/aromatic N) is 6. The van der Waals surface area contributed by atoms with E-state index in [9.17, 15) is 4.79 Å². The number of aromatic nitrogens is 5. The highest BCUT2D eigenvalue weighted by atomic mass is 16.5. The number of rotatable bonds is 15. The summed E-state index contributed by atoms with van der Waals surface area (Å²) in [5, 5.41) is 7.77. The molecular weight excluding hydrogens is 494 g/mol. The Bertz CT molecular complexity index is 1300. The van der Waals surface area contributed by atoms with Crippen LogP contribution in [0.4, 0.5) is 4.79 Å². The molecule has 1 N–H and O–H groups in total. The highest BCUT2D eigenvalue weighted by molar-refractivity contribution is 5.75. The van der Waals surface area contributed by atoms with Gasteiger partial charge in [-0.25, -0.2) is 14.3 Å². The maximum Gasteiger partial charge on any atom is 0.318 e. The average Bonchev–Trinajstić information content (AvgIpc) is 3.42. The van der Waals surface area contributed by atoms with E-state index in [0.717, 1.165) is 12.0 Å². The van der Waals surface area contributed by atoms with Gasteiger partial charge in [0, 0.05) is 25.0 Å². The Kier molecular flexibility index (Phi) is 10.6. The summed E-state index contributed by atoms with van der Waals surface area (Å²) in [5.74, 6) is 1.24. The number of fused-ring (bicyclic) bond motifs is 1. The van der Waals surface area contributed by atoms with Gasteiger partial charge in [0.15, 0.2) is 5.82 Å². The van der Waals surface area contributed by atoms with Gasteiger partial charge in [0.2, 0.25) is 5.65 Å². The van der Waals surface area contributed by atoms with E-state index in [1.54, 1.807) is 41.2 Å². The van der Waals surface area contributed by atoms with Gasteiger partial charge in [-0.1, -0.05) is 31.2 Å². The highest BCUT2D eigenvalue weighted by Crippen LogP contribution is 2.32. The van der Waals surface area contributed by atoms with Crippen LogP contribution in [-0.4, -0.2) is 61.8 Å². The van der Waals surface area contributed by atoms with E-state index in [1.165, 1.54) is 0 Å². The number of carbonyl (C=O) groups is 1. The van der Waals surface area contributed by atoms with Crippen LogP contribution < -0.4 is 14.8 Å². The minimum atomic E-state index is -0.335. The molecular formula is C29H39N7O3. The van der Waals surface area contributed by atoms with Gasteiger partial charge < -0.3 is 19.7 Å². The van der Waals surface area contributed by atoms with Crippen molar-refractivity contribution in [2.75, 3.05) is 20.3 Å². The van der Waals surface area contributed by atoms with Crippen molar-refractivity contribution in [3.05, 3.63) is 67.8 Å². The first kappa shape index (κ1) is 29.3. The third-order valence-electron chi connectivity index (χ3n) is 6.44. The topological polar surface area (TPSA) is 107 Å². The SMILES string of the molecule is C=CCCOc1nc(-c2cc([C@@H](C)N(CC)C(=O)NC(CC=C)CC(=C)CC)ncc2OC)nn2ccnc12. The molecule has 0 aliphatic carbocycles. The molecule has 10 nitrogen and oxygen atoms in total. The lowest BCUT2D eigenvalue weighted by atomic mass is 10.0. The lowest BCUT2D eigenvalue weighted by Crippen LogP contribution is -2.46. The molecule has 10 heteroatoms. The quantitative estimate of drug-likeness (QED) is 0.202. The Morgan fingerprint density at radius 2 is 2.05 bits per heavy atom. The molecule has 3 rings (SSSR count). The molecule has 2 amide bonds. The number of methoxy groups -OCH3 is 1. The summed E-state index contributed by atoms with van der Waals surface area (Å²) in [6.45, 7) is 18.5. The number of carbonyl (C=O) groups excluding carboxylic acids is 1. The predicted molar refractivity (Wildman–Crippen MR) is 153 cm³/mol. The van der Waals surface area contributed by atoms with E-state index in [2.05, 4.69) is 52.0 Å². The average molecular weight is 534 g/mol. The molecule has 0 aliphatic rings. The highest BCUT2D eigenvalue weighted by Gasteiger charge is 2.25. The molecule has 0 fully saturated rings. The first-order valence-electron chi connectivity index (χ1n) is 13.2. The number of urea groups is 1. The number of ether oxygens (including phenoxy) is 2. The summed E-state index contributed by atoms with van der Waals surface area (Å²) in [5.41, 5.74) is 2.89. The fraction of sp³-hybridized carbons (Fsp3) is 0.414. The van der Waals surface area contributed by atoms with E-state index in [0.29, 0.717) is 66.8 Å². The van der Waals surface area contributed by atoms with E-state index >= 15 is 0 Å². The van der Waals surface area contributed by atoms with Crippen molar-refractivity contribution in [2.24, 2.45) is 0 Å². The molecule has 0 saturated heterocycles. The fourth-order valence-corrected chi connectivity index (χ4v) is 4.17. The first-order chi connectivity index (χ1) is 18.9. The zero-order valence-corrected chi connectivity index (χ0v) is 23.4. The van der Waals surface area contributed by atoms with Gasteiger partial charge in [0.25, 0.3) is 5.88 Å². The van der Waals surface area contributed by atoms with Crippen LogP contribution in [0.2, 0.25) is 0 Å². The van der Waals surface area contributed by atoms with Gasteiger partial charge in [-0.3, -0.25) is 4.98 Å². The molecule has 3 aromatic heterocycles. The summed E-state index contributed by atoms with van der Waals surface area (Å²) >= 11 is 0. The normalized spacial score (nSPS) is 12.4. The Labute approximate surface area is 230 Å². The number of hydrogen-bond donors (Lipinski definition) is 1. The predicted octanol–water partition coefficient (Wildman–Crippen LogP) is 5.54. The molecule has 0 bridgehead atoms. The summed E-state index contributed by atoms with van der Waals surface area (Å²) in [4.78, 5) is 28.7. The zero-order chi connectivity index (χ0) is 28.4. The largest absolute Gasteiger partial charge is 0.494 e. The van der Waals surface area contributed by atoms with Gasteiger partial charge in [0.1, 0.15) is 5.75 Å². The van der Waals surface area contributed by atoms with E-state index in [4.69, 9.17) is 9.47 Å². The number of imidazole rings is 1. The fourth-order valence-electron chi connectivity index (χ4n) is 4.17. The van der Waals surface area contributed by atoms with Crippen molar-refractivity contribution in [1.29, 1.82) is 0 Å². The molecule has 1 unspecified atom stereocenters. The van der Waals surface area contributed by atoms with Crippen molar-refractivity contribution in [1.82, 2.24) is 34.8 Å². The van der Waals surface area contributed by atoms with Gasteiger partial charge in [-0.2, -0.15) is 4.98 Å². The van der Waals surface area contributed by atoms with Crippen LogP contribution in [0.1, 0.15) is 58.2 Å². The molecule has 0 saturated carbocycles. The zero-order valence-electron chi connectivity index (χ0n) is 23.4. The third kappa shape index (κ3) is 7.22. The third-order valence-corrected chi connectivity index (χ3v) is 6.44. The second-order valence-corrected chi connectivity index (χ2v) is 9.11. The van der Waals surface area contributed by atoms with Gasteiger partial charge in [0.05, 0.1) is 37.2 Å². The molecule has 2 atom stereocenters. The molecule has 3 heterocycles. The Hall–Kier alpha value is -4.21. The van der Waals surface area contributed by atoms with Crippen LogP contribution in [-0.2, 0) is 0 Å². The molecule has 39 heavy (non-hydrogen) atoms. The monoisotopic (exact) mass is 533 g/mol. The maximum absolute atomic E-state index is 13.3. The van der Waals surface area contributed by atoms with Crippen LogP contribution in [0.25, 0.3) is 17.0 Å². The number of nitrogens with one attached hydrogen (secondary N) is 1. The summed E-state index contributed by atoms with van der Waals surface area (Å²) in [6, 6.07) is 1.27. The number of pyridine rings is 1. The molecule has 0 radical (unpaired) electrons. The molecule has 0 aromatic carbocycles. The lowest BCUT2D eigenvalue weighted by molar-refractivity contribution is 0.177. The van der Waals surface area contributed by atoms with E-state index in [-0.39, 0.29) is 18.1 Å². The second kappa shape index (κ2) is 14.1.